The largest absolute Gasteiger partial charge is 0.378 e. The maximum absolute atomic E-state index is 13.0. The Morgan fingerprint density at radius 1 is 0.468 bits per heavy atom. The van der Waals surface area contributed by atoms with Gasteiger partial charge in [-0.1, -0.05) is 60.7 Å². The van der Waals surface area contributed by atoms with E-state index >= 15 is 0 Å². The van der Waals surface area contributed by atoms with Gasteiger partial charge in [-0.2, -0.15) is 29.9 Å². The molecule has 0 aliphatic carbocycles. The summed E-state index contributed by atoms with van der Waals surface area (Å²) in [5.74, 6) is 1.62. The quantitative estimate of drug-likeness (QED) is 0.0658. The average Bonchev–Trinajstić information content (AvgIpc) is 3.27. The number of halogens is 2. The Labute approximate surface area is 366 Å². The summed E-state index contributed by atoms with van der Waals surface area (Å²) in [5, 5.41) is 12.5. The maximum Gasteiger partial charge on any atom is 0.261 e. The van der Waals surface area contributed by atoms with Crippen molar-refractivity contribution in [2.45, 2.75) is 9.79 Å². The molecule has 4 heterocycles. The van der Waals surface area contributed by atoms with E-state index < -0.39 is 18.1 Å². The van der Waals surface area contributed by atoms with Crippen molar-refractivity contribution >= 4 is 110 Å². The third-order valence-corrected chi connectivity index (χ3v) is 12.2. The van der Waals surface area contributed by atoms with Crippen LogP contribution in [0.15, 0.2) is 107 Å². The monoisotopic (exact) mass is 916 g/mol. The van der Waals surface area contributed by atoms with Gasteiger partial charge in [0, 0.05) is 70.3 Å². The first-order chi connectivity index (χ1) is 29.9. The molecule has 0 radical (unpaired) electrons. The molecule has 0 atom stereocenters. The van der Waals surface area contributed by atoms with E-state index in [0.717, 1.165) is 11.4 Å². The highest BCUT2D eigenvalue weighted by atomic mass is 35.7. The molecule has 0 amide bonds. The molecule has 2 saturated heterocycles. The Morgan fingerprint density at radius 3 is 1.15 bits per heavy atom. The molecule has 0 bridgehead atoms. The van der Waals surface area contributed by atoms with Crippen molar-refractivity contribution in [1.82, 2.24) is 29.9 Å². The van der Waals surface area contributed by atoms with Crippen LogP contribution in [0.25, 0.3) is 12.2 Å². The van der Waals surface area contributed by atoms with Crippen LogP contribution in [0.2, 0.25) is 0 Å². The highest BCUT2D eigenvalue weighted by molar-refractivity contribution is 8.14. The van der Waals surface area contributed by atoms with Crippen molar-refractivity contribution in [3.8, 4) is 0 Å². The van der Waals surface area contributed by atoms with Crippen LogP contribution in [-0.4, -0.2) is 99.3 Å². The number of nitrogens with zero attached hydrogens (tertiary/aromatic N) is 8. The second-order valence-corrected chi connectivity index (χ2v) is 18.8. The number of aromatic nitrogens is 6. The molecule has 2 aliphatic rings. The molecule has 2 aromatic heterocycles. The van der Waals surface area contributed by atoms with E-state index in [1.165, 1.54) is 36.4 Å². The lowest BCUT2D eigenvalue weighted by atomic mass is 10.1. The van der Waals surface area contributed by atoms with Crippen LogP contribution in [0.4, 0.5) is 58.4 Å². The van der Waals surface area contributed by atoms with Gasteiger partial charge in [0.25, 0.3) is 18.1 Å². The van der Waals surface area contributed by atoms with Crippen LogP contribution in [0.3, 0.4) is 0 Å². The van der Waals surface area contributed by atoms with E-state index in [0.29, 0.717) is 75.9 Å². The van der Waals surface area contributed by atoms with E-state index in [4.69, 9.17) is 30.8 Å². The number of benzene rings is 4. The Hall–Kier alpha value is -6.16. The fraction of sp³-hybridized carbons (Fsp3) is 0.200. The number of hydrogen-bond acceptors (Lipinski definition) is 18. The number of anilines is 10. The van der Waals surface area contributed by atoms with Crippen LogP contribution in [-0.2, 0) is 27.6 Å². The highest BCUT2D eigenvalue weighted by Gasteiger charge is 2.22. The molecule has 18 nitrogen and oxygen atoms in total. The minimum absolute atomic E-state index is 0.143. The van der Waals surface area contributed by atoms with Gasteiger partial charge in [0.2, 0.25) is 35.7 Å². The molecule has 2 fully saturated rings. The second kappa shape index (κ2) is 18.8. The topological polar surface area (TPSA) is 219 Å². The van der Waals surface area contributed by atoms with Crippen molar-refractivity contribution in [2.24, 2.45) is 0 Å². The predicted molar refractivity (Wildman–Crippen MR) is 240 cm³/mol. The van der Waals surface area contributed by atoms with Crippen LogP contribution in [0, 0.1) is 0 Å². The first-order valence-electron chi connectivity index (χ1n) is 19.1. The zero-order valence-corrected chi connectivity index (χ0v) is 35.8. The smallest absolute Gasteiger partial charge is 0.261 e. The summed E-state index contributed by atoms with van der Waals surface area (Å²) in [6, 6.07) is 27.7. The average molecular weight is 918 g/mol. The Bertz CT molecular complexity index is 2610. The van der Waals surface area contributed by atoms with Crippen molar-refractivity contribution in [3.63, 3.8) is 0 Å². The molecule has 0 unspecified atom stereocenters. The van der Waals surface area contributed by atoms with Gasteiger partial charge in [-0.3, -0.25) is 0 Å². The Balaban J connectivity index is 1.06. The first kappa shape index (κ1) is 42.5. The number of hydrogen-bond donors (Lipinski definition) is 4. The molecule has 2 aliphatic heterocycles. The van der Waals surface area contributed by atoms with Crippen LogP contribution < -0.4 is 31.1 Å². The summed E-state index contributed by atoms with van der Waals surface area (Å²) in [6.45, 7) is 4.30. The van der Waals surface area contributed by atoms with E-state index in [1.54, 1.807) is 12.1 Å². The minimum atomic E-state index is -4.34. The van der Waals surface area contributed by atoms with E-state index in [1.807, 2.05) is 70.5 Å². The standard InChI is InChI=1S/C40H38Cl2N12O6S2/c41-61(55,56)33-25-31(45-37-47-35(43-29-7-3-1-4-8-29)49-39(51-37)53-17-21-59-22-18-53)15-13-27(33)11-12-28-14-16-32(26-34(28)62(42,57)58)46-38-48-36(44-30-9-5-2-6-10-30)50-40(52-38)54-19-23-60-24-20-54/h1-16,25-26H,17-24H2,(H2,43,45,47,49,51)(H2,44,46,48,50,52). The van der Waals surface area contributed by atoms with Crippen molar-refractivity contribution in [1.29, 1.82) is 0 Å². The van der Waals surface area contributed by atoms with Crippen molar-refractivity contribution < 1.29 is 26.3 Å². The summed E-state index contributed by atoms with van der Waals surface area (Å²) in [4.78, 5) is 30.9. The summed E-state index contributed by atoms with van der Waals surface area (Å²) in [7, 11) is 3.26. The molecule has 62 heavy (non-hydrogen) atoms. The third-order valence-electron chi connectivity index (χ3n) is 9.40. The summed E-state index contributed by atoms with van der Waals surface area (Å²) >= 11 is 0. The second-order valence-electron chi connectivity index (χ2n) is 13.7. The number of morpholine rings is 2. The van der Waals surface area contributed by atoms with Gasteiger partial charge >= 0.3 is 0 Å². The van der Waals surface area contributed by atoms with Gasteiger partial charge < -0.3 is 40.5 Å². The number of rotatable bonds is 14. The normalized spacial score (nSPS) is 14.7. The van der Waals surface area contributed by atoms with Crippen molar-refractivity contribution in [3.05, 3.63) is 108 Å². The Kier molecular flexibility index (Phi) is 12.9. The zero-order chi connectivity index (χ0) is 43.1. The first-order valence-corrected chi connectivity index (χ1v) is 23.8. The molecule has 8 rings (SSSR count). The van der Waals surface area contributed by atoms with Crippen LogP contribution in [0.1, 0.15) is 11.1 Å². The van der Waals surface area contributed by atoms with E-state index in [9.17, 15) is 16.8 Å². The predicted octanol–water partition coefficient (Wildman–Crippen LogP) is 6.73. The summed E-state index contributed by atoms with van der Waals surface area (Å²) in [6.07, 6.45) is 2.85. The highest BCUT2D eigenvalue weighted by Crippen LogP contribution is 2.31. The molecule has 6 aromatic rings. The van der Waals surface area contributed by atoms with Gasteiger partial charge in [-0.25, -0.2) is 16.8 Å². The van der Waals surface area contributed by atoms with E-state index in [-0.39, 0.29) is 44.7 Å². The molecular weight excluding hydrogens is 880 g/mol. The van der Waals surface area contributed by atoms with Gasteiger partial charge in [-0.05, 0) is 59.7 Å². The molecular formula is C40H38Cl2N12O6S2. The van der Waals surface area contributed by atoms with Gasteiger partial charge in [0.05, 0.1) is 36.2 Å². The van der Waals surface area contributed by atoms with Gasteiger partial charge in [0.15, 0.2) is 0 Å². The third kappa shape index (κ3) is 11.0. The molecule has 4 aromatic carbocycles. The molecule has 0 spiro atoms. The minimum Gasteiger partial charge on any atom is -0.378 e. The van der Waals surface area contributed by atoms with E-state index in [2.05, 4.69) is 51.2 Å². The van der Waals surface area contributed by atoms with Gasteiger partial charge in [0.1, 0.15) is 0 Å². The lowest BCUT2D eigenvalue weighted by Gasteiger charge is -2.27. The summed E-state index contributed by atoms with van der Waals surface area (Å²) in [5.41, 5.74) is 2.46. The Morgan fingerprint density at radius 2 is 0.806 bits per heavy atom. The van der Waals surface area contributed by atoms with Crippen LogP contribution in [0.5, 0.6) is 0 Å². The maximum atomic E-state index is 13.0. The number of ether oxygens (including phenoxy) is 2. The number of nitrogens with one attached hydrogen (secondary N) is 4. The lowest BCUT2D eigenvalue weighted by molar-refractivity contribution is 0.122. The molecule has 22 heteroatoms. The fourth-order valence-electron chi connectivity index (χ4n) is 6.42. The molecule has 320 valence electrons. The lowest BCUT2D eigenvalue weighted by Crippen LogP contribution is -2.37. The molecule has 0 saturated carbocycles. The van der Waals surface area contributed by atoms with Crippen molar-refractivity contribution in [2.75, 3.05) is 83.7 Å². The fourth-order valence-corrected chi connectivity index (χ4v) is 8.60. The zero-order valence-electron chi connectivity index (χ0n) is 32.6. The van der Waals surface area contributed by atoms with Crippen LogP contribution >= 0.6 is 21.4 Å². The SMILES string of the molecule is O=S(=O)(Cl)c1cc(Nc2nc(Nc3ccccc3)nc(N3CCOCC3)n2)ccc1C=Cc1ccc(Nc2nc(Nc3ccccc3)nc(N3CCOCC3)n2)cc1S(=O)(=O)Cl. The van der Waals surface area contributed by atoms with Gasteiger partial charge in [-0.15, -0.1) is 0 Å². The molecule has 4 N–H and O–H groups in total. The number of para-hydroxylation sites is 2. The summed E-state index contributed by atoms with van der Waals surface area (Å²) < 4.78 is 62.8.